The van der Waals surface area contributed by atoms with Gasteiger partial charge in [0.1, 0.15) is 0 Å². The number of likely N-dealkylation sites (N-methyl/N-ethyl adjacent to an activating group) is 1. The van der Waals surface area contributed by atoms with E-state index in [1.165, 1.54) is 6.92 Å². The number of thioether (sulfide) groups is 1. The summed E-state index contributed by atoms with van der Waals surface area (Å²) >= 11 is 7.95. The number of esters is 1. The number of carbonyl (C=O) groups is 2. The molecule has 1 aliphatic heterocycles. The van der Waals surface area contributed by atoms with Crippen LogP contribution in [-0.2, 0) is 20.7 Å². The fraction of sp³-hybridized carbons (Fsp3) is 0.391. The molecule has 0 bridgehead atoms. The van der Waals surface area contributed by atoms with Crippen LogP contribution in [0.2, 0.25) is 5.02 Å². The minimum absolute atomic E-state index is 0.202. The summed E-state index contributed by atoms with van der Waals surface area (Å²) in [5, 5.41) is 0.621. The van der Waals surface area contributed by atoms with Gasteiger partial charge in [0, 0.05) is 41.5 Å². The first kappa shape index (κ1) is 22.7. The molecule has 2 unspecified atom stereocenters. The lowest BCUT2D eigenvalue weighted by Gasteiger charge is -2.29. The lowest BCUT2D eigenvalue weighted by molar-refractivity contribution is -0.154. The Morgan fingerprint density at radius 3 is 2.53 bits per heavy atom. The Balaban J connectivity index is 2.09. The van der Waals surface area contributed by atoms with E-state index in [0.717, 1.165) is 21.7 Å². The van der Waals surface area contributed by atoms with Crippen LogP contribution < -0.4 is 4.90 Å². The van der Waals surface area contributed by atoms with Gasteiger partial charge in [-0.05, 0) is 68.2 Å². The van der Waals surface area contributed by atoms with Crippen molar-refractivity contribution in [3.05, 3.63) is 58.6 Å². The molecule has 30 heavy (non-hydrogen) atoms. The number of hydrogen-bond acceptors (Lipinski definition) is 5. The topological polar surface area (TPSA) is 49.9 Å². The molecule has 3 rings (SSSR count). The molecular weight excluding hydrogens is 420 g/mol. The minimum Gasteiger partial charge on any atom is -0.452 e. The number of fused-ring (bicyclic) bond motifs is 1. The molecular formula is C23H27ClN2O3S. The number of rotatable bonds is 6. The van der Waals surface area contributed by atoms with E-state index < -0.39 is 12.1 Å². The van der Waals surface area contributed by atoms with Crippen LogP contribution in [-0.4, -0.2) is 56.3 Å². The van der Waals surface area contributed by atoms with Crippen LogP contribution >= 0.6 is 23.4 Å². The van der Waals surface area contributed by atoms with E-state index in [4.69, 9.17) is 16.3 Å². The van der Waals surface area contributed by atoms with E-state index >= 15 is 0 Å². The highest BCUT2D eigenvalue weighted by Gasteiger charge is 2.40. The molecule has 0 saturated heterocycles. The minimum atomic E-state index is -0.893. The SMILES string of the molecule is CSc1ccc(C2Cc3cc(Cl)ccc3N(CCN(C)C)C(=O)C2OC(C)=O)cc1. The van der Waals surface area contributed by atoms with Gasteiger partial charge in [-0.25, -0.2) is 0 Å². The molecule has 1 amide bonds. The Bertz CT molecular complexity index is 917. The molecule has 0 spiro atoms. The maximum Gasteiger partial charge on any atom is 0.303 e. The van der Waals surface area contributed by atoms with Crippen LogP contribution in [0.3, 0.4) is 0 Å². The normalized spacial score (nSPS) is 18.9. The Morgan fingerprint density at radius 2 is 1.93 bits per heavy atom. The van der Waals surface area contributed by atoms with E-state index in [0.29, 0.717) is 24.5 Å². The summed E-state index contributed by atoms with van der Waals surface area (Å²) in [5.41, 5.74) is 2.77. The van der Waals surface area contributed by atoms with Gasteiger partial charge in [0.2, 0.25) is 0 Å². The molecule has 0 saturated carbocycles. The second-order valence-electron chi connectivity index (χ2n) is 7.68. The second kappa shape index (κ2) is 9.86. The van der Waals surface area contributed by atoms with E-state index in [2.05, 4.69) is 0 Å². The Labute approximate surface area is 187 Å². The van der Waals surface area contributed by atoms with Crippen molar-refractivity contribution in [2.75, 3.05) is 38.3 Å². The van der Waals surface area contributed by atoms with Crippen molar-refractivity contribution in [1.82, 2.24) is 4.90 Å². The Morgan fingerprint density at radius 1 is 1.23 bits per heavy atom. The third-order valence-electron chi connectivity index (χ3n) is 5.25. The standard InChI is InChI=1S/C23H27ClN2O3S/c1-15(27)29-22-20(16-5-8-19(30-4)9-6-16)14-17-13-18(24)7-10-21(17)26(23(22)28)12-11-25(2)3/h5-10,13,20,22H,11-12,14H2,1-4H3. The molecule has 2 atom stereocenters. The first-order chi connectivity index (χ1) is 14.3. The lowest BCUT2D eigenvalue weighted by Crippen LogP contribution is -2.45. The fourth-order valence-corrected chi connectivity index (χ4v) is 4.36. The molecule has 2 aromatic carbocycles. The highest BCUT2D eigenvalue weighted by atomic mass is 35.5. The number of amides is 1. The zero-order valence-electron chi connectivity index (χ0n) is 17.7. The summed E-state index contributed by atoms with van der Waals surface area (Å²) in [6.07, 6.45) is 1.68. The summed E-state index contributed by atoms with van der Waals surface area (Å²) in [5.74, 6) is -0.957. The highest BCUT2D eigenvalue weighted by Crippen LogP contribution is 2.38. The van der Waals surface area contributed by atoms with Gasteiger partial charge in [0.15, 0.2) is 6.10 Å². The van der Waals surface area contributed by atoms with Crippen molar-refractivity contribution in [2.45, 2.75) is 30.3 Å². The number of carbonyl (C=O) groups excluding carboxylic acids is 2. The average molecular weight is 447 g/mol. The lowest BCUT2D eigenvalue weighted by atomic mass is 9.87. The number of hydrogen-bond donors (Lipinski definition) is 0. The molecule has 160 valence electrons. The summed E-state index contributed by atoms with van der Waals surface area (Å²) in [7, 11) is 3.93. The second-order valence-corrected chi connectivity index (χ2v) is 9.00. The van der Waals surface area contributed by atoms with Gasteiger partial charge in [-0.3, -0.25) is 9.59 Å². The molecule has 1 aliphatic rings. The fourth-order valence-electron chi connectivity index (χ4n) is 3.76. The maximum atomic E-state index is 13.6. The largest absolute Gasteiger partial charge is 0.452 e. The predicted molar refractivity (Wildman–Crippen MR) is 123 cm³/mol. The number of nitrogens with zero attached hydrogens (tertiary/aromatic N) is 2. The maximum absolute atomic E-state index is 13.6. The predicted octanol–water partition coefficient (Wildman–Crippen LogP) is 4.23. The van der Waals surface area contributed by atoms with Crippen molar-refractivity contribution in [1.29, 1.82) is 0 Å². The summed E-state index contributed by atoms with van der Waals surface area (Å²) < 4.78 is 5.62. The number of halogens is 1. The summed E-state index contributed by atoms with van der Waals surface area (Å²) in [6, 6.07) is 13.7. The molecule has 0 aromatic heterocycles. The molecule has 0 aliphatic carbocycles. The van der Waals surface area contributed by atoms with Gasteiger partial charge in [-0.1, -0.05) is 23.7 Å². The van der Waals surface area contributed by atoms with Gasteiger partial charge in [0.25, 0.3) is 5.91 Å². The summed E-state index contributed by atoms with van der Waals surface area (Å²) in [4.78, 5) is 30.5. The summed E-state index contributed by atoms with van der Waals surface area (Å²) in [6.45, 7) is 2.53. The zero-order valence-corrected chi connectivity index (χ0v) is 19.3. The number of anilines is 1. The van der Waals surface area contributed by atoms with Crippen LogP contribution in [0.25, 0.3) is 0 Å². The van der Waals surface area contributed by atoms with Gasteiger partial charge in [0.05, 0.1) is 0 Å². The van der Waals surface area contributed by atoms with Crippen molar-refractivity contribution < 1.29 is 14.3 Å². The molecule has 1 heterocycles. The van der Waals surface area contributed by atoms with Crippen LogP contribution in [0.1, 0.15) is 24.0 Å². The van der Waals surface area contributed by atoms with Gasteiger partial charge in [-0.15, -0.1) is 11.8 Å². The first-order valence-corrected chi connectivity index (χ1v) is 11.5. The quantitative estimate of drug-likeness (QED) is 0.491. The smallest absolute Gasteiger partial charge is 0.303 e. The zero-order chi connectivity index (χ0) is 21.8. The molecule has 7 heteroatoms. The van der Waals surface area contributed by atoms with Crippen LogP contribution in [0.15, 0.2) is 47.4 Å². The first-order valence-electron chi connectivity index (χ1n) is 9.86. The molecule has 0 radical (unpaired) electrons. The Kier molecular flexibility index (Phi) is 7.45. The molecule has 2 aromatic rings. The van der Waals surface area contributed by atoms with Gasteiger partial charge in [-0.2, -0.15) is 0 Å². The van der Waals surface area contributed by atoms with Crippen LogP contribution in [0, 0.1) is 0 Å². The van der Waals surface area contributed by atoms with Gasteiger partial charge < -0.3 is 14.5 Å². The van der Waals surface area contributed by atoms with E-state index in [1.54, 1.807) is 22.7 Å². The highest BCUT2D eigenvalue weighted by molar-refractivity contribution is 7.98. The van der Waals surface area contributed by atoms with Gasteiger partial charge >= 0.3 is 5.97 Å². The van der Waals surface area contributed by atoms with Crippen molar-refractivity contribution in [3.63, 3.8) is 0 Å². The van der Waals surface area contributed by atoms with E-state index in [-0.39, 0.29) is 11.8 Å². The van der Waals surface area contributed by atoms with E-state index in [9.17, 15) is 9.59 Å². The van der Waals surface area contributed by atoms with Crippen molar-refractivity contribution in [2.24, 2.45) is 0 Å². The monoisotopic (exact) mass is 446 g/mol. The van der Waals surface area contributed by atoms with E-state index in [1.807, 2.05) is 61.6 Å². The third-order valence-corrected chi connectivity index (χ3v) is 6.23. The molecule has 5 nitrogen and oxygen atoms in total. The van der Waals surface area contributed by atoms with Crippen molar-refractivity contribution >= 4 is 40.9 Å². The van der Waals surface area contributed by atoms with Crippen molar-refractivity contribution in [3.8, 4) is 0 Å². The number of ether oxygens (including phenoxy) is 1. The molecule has 0 N–H and O–H groups in total. The Hall–Kier alpha value is -2.02. The van der Waals surface area contributed by atoms with Crippen LogP contribution in [0.5, 0.6) is 0 Å². The third kappa shape index (κ3) is 5.17. The average Bonchev–Trinajstić information content (AvgIpc) is 2.81. The van der Waals surface area contributed by atoms with Crippen LogP contribution in [0.4, 0.5) is 5.69 Å². The molecule has 0 fully saturated rings. The number of benzene rings is 2.